The van der Waals surface area contributed by atoms with Gasteiger partial charge in [-0.25, -0.2) is 0 Å². The third-order valence-electron chi connectivity index (χ3n) is 6.53. The summed E-state index contributed by atoms with van der Waals surface area (Å²) in [6.45, 7) is 6.51. The Balaban J connectivity index is 1.61. The molecule has 3 aliphatic rings. The fourth-order valence-electron chi connectivity index (χ4n) is 5.15. The molecule has 1 aromatic carbocycles. The fourth-order valence-corrected chi connectivity index (χ4v) is 5.15. The molecule has 3 saturated heterocycles. The molecular weight excluding hydrogens is 360 g/mol. The van der Waals surface area contributed by atoms with E-state index in [9.17, 15) is 4.79 Å². The molecule has 7 nitrogen and oxygen atoms in total. The molecule has 0 saturated carbocycles. The van der Waals surface area contributed by atoms with Gasteiger partial charge in [0.05, 0.1) is 40.0 Å². The number of benzene rings is 1. The maximum absolute atomic E-state index is 12.8. The van der Waals surface area contributed by atoms with E-state index >= 15 is 0 Å². The van der Waals surface area contributed by atoms with Crippen LogP contribution < -0.4 is 14.2 Å². The molecule has 3 atom stereocenters. The first-order valence-electron chi connectivity index (χ1n) is 9.94. The number of methoxy groups -OCH3 is 3. The van der Waals surface area contributed by atoms with E-state index in [1.165, 1.54) is 0 Å². The number of likely N-dealkylation sites (tertiary alicyclic amines) is 1. The zero-order valence-electron chi connectivity index (χ0n) is 17.4. The predicted octanol–water partition coefficient (Wildman–Crippen LogP) is 2.27. The summed E-state index contributed by atoms with van der Waals surface area (Å²) in [5.41, 5.74) is 0.553. The van der Waals surface area contributed by atoms with E-state index in [0.29, 0.717) is 42.7 Å². The Hall–Kier alpha value is -1.99. The second-order valence-electron chi connectivity index (χ2n) is 8.16. The van der Waals surface area contributed by atoms with Gasteiger partial charge in [0, 0.05) is 31.5 Å². The van der Waals surface area contributed by atoms with Gasteiger partial charge < -0.3 is 23.8 Å². The van der Waals surface area contributed by atoms with Crippen molar-refractivity contribution >= 4 is 5.91 Å². The van der Waals surface area contributed by atoms with Crippen LogP contribution in [0, 0.1) is 5.92 Å². The average Bonchev–Trinajstić information content (AvgIpc) is 3.31. The Morgan fingerprint density at radius 1 is 1.18 bits per heavy atom. The van der Waals surface area contributed by atoms with Gasteiger partial charge in [0.1, 0.15) is 0 Å². The van der Waals surface area contributed by atoms with Crippen LogP contribution in [0.1, 0.15) is 32.3 Å². The van der Waals surface area contributed by atoms with Crippen molar-refractivity contribution < 1.29 is 23.7 Å². The lowest BCUT2D eigenvalue weighted by atomic mass is 10.0. The zero-order valence-corrected chi connectivity index (χ0v) is 17.4. The number of amides is 1. The normalized spacial score (nSPS) is 29.4. The number of rotatable bonds is 6. The summed E-state index contributed by atoms with van der Waals surface area (Å²) in [6.07, 6.45) is 1.36. The summed E-state index contributed by atoms with van der Waals surface area (Å²) in [4.78, 5) is 17.2. The molecule has 3 fully saturated rings. The molecule has 0 bridgehead atoms. The minimum Gasteiger partial charge on any atom is -0.493 e. The van der Waals surface area contributed by atoms with Gasteiger partial charge in [0.15, 0.2) is 17.2 Å². The first-order valence-corrected chi connectivity index (χ1v) is 9.94. The van der Waals surface area contributed by atoms with Gasteiger partial charge in [0.25, 0.3) is 0 Å². The van der Waals surface area contributed by atoms with Crippen LogP contribution in [0.4, 0.5) is 0 Å². The molecule has 3 unspecified atom stereocenters. The minimum absolute atomic E-state index is 0.0709. The van der Waals surface area contributed by atoms with Gasteiger partial charge in [-0.2, -0.15) is 0 Å². The highest BCUT2D eigenvalue weighted by Crippen LogP contribution is 2.50. The zero-order chi connectivity index (χ0) is 20.1. The Morgan fingerprint density at radius 3 is 2.57 bits per heavy atom. The van der Waals surface area contributed by atoms with Crippen LogP contribution in [0.15, 0.2) is 12.1 Å². The monoisotopic (exact) mass is 390 g/mol. The Labute approximate surface area is 166 Å². The summed E-state index contributed by atoms with van der Waals surface area (Å²) in [5.74, 6) is 2.52. The van der Waals surface area contributed by atoms with Crippen molar-refractivity contribution in [1.82, 2.24) is 9.80 Å². The third-order valence-corrected chi connectivity index (χ3v) is 6.53. The number of carbonyl (C=O) groups is 1. The van der Waals surface area contributed by atoms with E-state index in [1.54, 1.807) is 21.3 Å². The molecule has 28 heavy (non-hydrogen) atoms. The van der Waals surface area contributed by atoms with E-state index in [1.807, 2.05) is 17.0 Å². The Bertz CT molecular complexity index is 767. The van der Waals surface area contributed by atoms with Crippen molar-refractivity contribution in [2.24, 2.45) is 5.92 Å². The predicted molar refractivity (Wildman–Crippen MR) is 104 cm³/mol. The van der Waals surface area contributed by atoms with Crippen LogP contribution in [0.3, 0.4) is 0 Å². The van der Waals surface area contributed by atoms with Crippen molar-refractivity contribution in [3.05, 3.63) is 17.7 Å². The summed E-state index contributed by atoms with van der Waals surface area (Å²) < 4.78 is 22.9. The standard InChI is InChI=1S/C21H30N2O5/c1-13(2)15-12-28-21-8-9-22(17(21)10-18(24)23(15)21)11-14-6-7-16(25-3)20(27-5)19(14)26-4/h6-7,13,15,17H,8-12H2,1-5H3. The molecule has 7 heteroatoms. The van der Waals surface area contributed by atoms with Crippen molar-refractivity contribution in [1.29, 1.82) is 0 Å². The van der Waals surface area contributed by atoms with E-state index in [4.69, 9.17) is 18.9 Å². The van der Waals surface area contributed by atoms with Gasteiger partial charge >= 0.3 is 0 Å². The molecule has 1 amide bonds. The number of hydrogen-bond donors (Lipinski definition) is 0. The van der Waals surface area contributed by atoms with Gasteiger partial charge in [-0.3, -0.25) is 9.69 Å². The molecule has 1 spiro atoms. The largest absolute Gasteiger partial charge is 0.493 e. The van der Waals surface area contributed by atoms with E-state index in [-0.39, 0.29) is 18.0 Å². The summed E-state index contributed by atoms with van der Waals surface area (Å²) in [6, 6.07) is 4.15. The lowest BCUT2D eigenvalue weighted by molar-refractivity contribution is -0.139. The van der Waals surface area contributed by atoms with Crippen molar-refractivity contribution in [2.75, 3.05) is 34.5 Å². The lowest BCUT2D eigenvalue weighted by Gasteiger charge is -2.34. The second-order valence-corrected chi connectivity index (χ2v) is 8.16. The van der Waals surface area contributed by atoms with Crippen molar-refractivity contribution in [3.63, 3.8) is 0 Å². The summed E-state index contributed by atoms with van der Waals surface area (Å²) >= 11 is 0. The quantitative estimate of drug-likeness (QED) is 0.743. The summed E-state index contributed by atoms with van der Waals surface area (Å²) in [5, 5.41) is 0. The van der Waals surface area contributed by atoms with Crippen molar-refractivity contribution in [2.45, 2.75) is 51.0 Å². The fraction of sp³-hybridized carbons (Fsp3) is 0.667. The average molecular weight is 390 g/mol. The maximum Gasteiger partial charge on any atom is 0.226 e. The van der Waals surface area contributed by atoms with Gasteiger partial charge in [-0.1, -0.05) is 19.9 Å². The third kappa shape index (κ3) is 2.67. The molecule has 4 rings (SSSR count). The molecule has 0 radical (unpaired) electrons. The second kappa shape index (κ2) is 7.12. The molecule has 0 aromatic heterocycles. The molecule has 3 heterocycles. The topological polar surface area (TPSA) is 60.5 Å². The number of hydrogen-bond acceptors (Lipinski definition) is 6. The first kappa shape index (κ1) is 19.3. The van der Waals surface area contributed by atoms with E-state index < -0.39 is 5.72 Å². The van der Waals surface area contributed by atoms with E-state index in [0.717, 1.165) is 18.5 Å². The van der Waals surface area contributed by atoms with Crippen LogP contribution >= 0.6 is 0 Å². The number of ether oxygens (including phenoxy) is 4. The van der Waals surface area contributed by atoms with Gasteiger partial charge in [0.2, 0.25) is 11.7 Å². The van der Waals surface area contributed by atoms with E-state index in [2.05, 4.69) is 18.7 Å². The smallest absolute Gasteiger partial charge is 0.226 e. The molecule has 154 valence electrons. The van der Waals surface area contributed by atoms with Crippen LogP contribution in [0.5, 0.6) is 17.2 Å². The highest BCUT2D eigenvalue weighted by molar-refractivity contribution is 5.82. The van der Waals surface area contributed by atoms with Gasteiger partial charge in [-0.15, -0.1) is 0 Å². The SMILES string of the molecule is COc1ccc(CN2CCC34OCC(C(C)C)N3C(=O)CC24)c(OC)c1OC. The molecule has 1 aromatic rings. The van der Waals surface area contributed by atoms with Gasteiger partial charge in [-0.05, 0) is 12.0 Å². The van der Waals surface area contributed by atoms with Crippen molar-refractivity contribution in [3.8, 4) is 17.2 Å². The van der Waals surface area contributed by atoms with Crippen LogP contribution in [0.25, 0.3) is 0 Å². The summed E-state index contributed by atoms with van der Waals surface area (Å²) in [7, 11) is 4.86. The number of carbonyl (C=O) groups excluding carboxylic acids is 1. The highest BCUT2D eigenvalue weighted by atomic mass is 16.5. The molecule has 0 aliphatic carbocycles. The van der Waals surface area contributed by atoms with Crippen LogP contribution in [-0.2, 0) is 16.1 Å². The Morgan fingerprint density at radius 2 is 1.93 bits per heavy atom. The minimum atomic E-state index is -0.462. The number of nitrogens with zero attached hydrogens (tertiary/aromatic N) is 2. The highest BCUT2D eigenvalue weighted by Gasteiger charge is 2.64. The van der Waals surface area contributed by atoms with Crippen LogP contribution in [-0.4, -0.2) is 68.0 Å². The first-order chi connectivity index (χ1) is 13.5. The molecule has 0 N–H and O–H groups in total. The van der Waals surface area contributed by atoms with Crippen LogP contribution in [0.2, 0.25) is 0 Å². The molecular formula is C21H30N2O5. The Kier molecular flexibility index (Phi) is 4.91. The molecule has 3 aliphatic heterocycles. The maximum atomic E-state index is 12.8. The lowest BCUT2D eigenvalue weighted by Crippen LogP contribution is -2.50.